The van der Waals surface area contributed by atoms with Gasteiger partial charge in [0.05, 0.1) is 11.4 Å². The number of allylic oxidation sites excluding steroid dienone is 4. The molecule has 0 aromatic heterocycles. The van der Waals surface area contributed by atoms with E-state index in [0.29, 0.717) is 6.61 Å². The number of para-hydroxylation sites is 1. The van der Waals surface area contributed by atoms with Crippen molar-refractivity contribution in [2.75, 3.05) is 18.1 Å². The lowest BCUT2D eigenvalue weighted by molar-refractivity contribution is 0.256. The van der Waals surface area contributed by atoms with Gasteiger partial charge in [-0.2, -0.15) is 0 Å². The second kappa shape index (κ2) is 3.74. The second-order valence-electron chi connectivity index (χ2n) is 6.37. The van der Waals surface area contributed by atoms with E-state index in [9.17, 15) is 0 Å². The maximum atomic E-state index is 6.00. The Morgan fingerprint density at radius 1 is 1.22 bits per heavy atom. The van der Waals surface area contributed by atoms with Gasteiger partial charge in [0, 0.05) is 24.0 Å². The van der Waals surface area contributed by atoms with Crippen molar-refractivity contribution in [1.29, 1.82) is 0 Å². The van der Waals surface area contributed by atoms with E-state index in [0.717, 1.165) is 18.0 Å². The molecule has 1 aliphatic carbocycles. The number of benzene rings is 1. The summed E-state index contributed by atoms with van der Waals surface area (Å²) >= 11 is 0. The van der Waals surface area contributed by atoms with E-state index in [4.69, 9.17) is 9.73 Å². The number of aliphatic imine (C=N–C) groups is 1. The van der Waals surface area contributed by atoms with Crippen LogP contribution in [0.5, 0.6) is 0 Å². The van der Waals surface area contributed by atoms with Crippen molar-refractivity contribution in [3.05, 3.63) is 89.0 Å². The molecule has 110 valence electrons. The minimum atomic E-state index is -0.240. The number of ether oxygens (including phenoxy) is 1. The van der Waals surface area contributed by atoms with Crippen molar-refractivity contribution in [1.82, 2.24) is 0 Å². The van der Waals surface area contributed by atoms with Gasteiger partial charge in [0.15, 0.2) is 0 Å². The van der Waals surface area contributed by atoms with Gasteiger partial charge in [-0.1, -0.05) is 24.3 Å². The predicted molar refractivity (Wildman–Crippen MR) is 90.3 cm³/mol. The van der Waals surface area contributed by atoms with Crippen molar-refractivity contribution in [3.63, 3.8) is 0 Å². The van der Waals surface area contributed by atoms with E-state index in [1.807, 2.05) is 6.20 Å². The Morgan fingerprint density at radius 2 is 2.17 bits per heavy atom. The maximum Gasteiger partial charge on any atom is 0.127 e. The molecule has 0 saturated heterocycles. The highest BCUT2D eigenvalue weighted by molar-refractivity contribution is 6.15. The lowest BCUT2D eigenvalue weighted by atomic mass is 9.70. The number of hydrogen-bond donors (Lipinski definition) is 0. The van der Waals surface area contributed by atoms with Crippen molar-refractivity contribution < 1.29 is 4.74 Å². The fraction of sp³-hybridized carbons (Fsp3) is 0.150. The summed E-state index contributed by atoms with van der Waals surface area (Å²) in [5.74, 6) is 1.01. The molecule has 0 radical (unpaired) electrons. The van der Waals surface area contributed by atoms with Gasteiger partial charge >= 0.3 is 0 Å². The summed E-state index contributed by atoms with van der Waals surface area (Å²) in [7, 11) is 0. The SMILES string of the molecule is C1=CC2=CC3=NC=CC34C3=C2C(=CCN3c2ccccc24)OC1. The van der Waals surface area contributed by atoms with Gasteiger partial charge in [0.25, 0.3) is 0 Å². The lowest BCUT2D eigenvalue weighted by Crippen LogP contribution is -2.40. The van der Waals surface area contributed by atoms with Crippen molar-refractivity contribution in [2.24, 2.45) is 4.99 Å². The van der Waals surface area contributed by atoms with E-state index in [1.165, 1.54) is 28.1 Å². The molecule has 0 bridgehead atoms. The van der Waals surface area contributed by atoms with Crippen LogP contribution in [0.3, 0.4) is 0 Å². The number of rotatable bonds is 0. The quantitative estimate of drug-likeness (QED) is 0.733. The van der Waals surface area contributed by atoms with Crippen LogP contribution in [0, 0.1) is 0 Å². The Bertz CT molecular complexity index is 958. The summed E-state index contributed by atoms with van der Waals surface area (Å²) in [6.07, 6.45) is 12.9. The summed E-state index contributed by atoms with van der Waals surface area (Å²) in [4.78, 5) is 7.13. The molecule has 3 nitrogen and oxygen atoms in total. The highest BCUT2D eigenvalue weighted by Gasteiger charge is 2.54. The highest BCUT2D eigenvalue weighted by Crippen LogP contribution is 2.57. The summed E-state index contributed by atoms with van der Waals surface area (Å²) < 4.78 is 6.00. The predicted octanol–water partition coefficient (Wildman–Crippen LogP) is 3.39. The molecule has 4 aliphatic heterocycles. The maximum absolute atomic E-state index is 6.00. The van der Waals surface area contributed by atoms with E-state index in [1.54, 1.807) is 0 Å². The van der Waals surface area contributed by atoms with Gasteiger partial charge in [-0.15, -0.1) is 0 Å². The first-order valence-electron chi connectivity index (χ1n) is 7.99. The van der Waals surface area contributed by atoms with Gasteiger partial charge in [0.1, 0.15) is 17.8 Å². The fourth-order valence-corrected chi connectivity index (χ4v) is 4.49. The smallest absolute Gasteiger partial charge is 0.127 e. The monoisotopic (exact) mass is 298 g/mol. The van der Waals surface area contributed by atoms with Crippen LogP contribution in [0.4, 0.5) is 5.69 Å². The molecule has 1 aromatic carbocycles. The number of fused-ring (bicyclic) bond motifs is 2. The molecule has 5 aliphatic rings. The molecule has 4 heterocycles. The first-order valence-corrected chi connectivity index (χ1v) is 7.99. The molecule has 6 rings (SSSR count). The van der Waals surface area contributed by atoms with Crippen LogP contribution < -0.4 is 4.90 Å². The molecule has 1 aromatic rings. The van der Waals surface area contributed by atoms with Crippen LogP contribution >= 0.6 is 0 Å². The summed E-state index contributed by atoms with van der Waals surface area (Å²) in [5.41, 5.74) is 7.24. The number of anilines is 1. The third-order valence-electron chi connectivity index (χ3n) is 5.36. The highest BCUT2D eigenvalue weighted by atomic mass is 16.5. The molecule has 23 heavy (non-hydrogen) atoms. The van der Waals surface area contributed by atoms with Gasteiger partial charge in [-0.25, -0.2) is 0 Å². The molecule has 0 fully saturated rings. The summed E-state index contributed by atoms with van der Waals surface area (Å²) in [6, 6.07) is 8.69. The molecule has 0 amide bonds. The zero-order chi connectivity index (χ0) is 15.0. The van der Waals surface area contributed by atoms with E-state index < -0.39 is 0 Å². The minimum Gasteiger partial charge on any atom is -0.489 e. The standard InChI is InChI=1S/C20H14N2O/c1-2-6-15-14(5-1)20-8-9-21-17(20)12-13-4-3-11-23-16-7-10-22(15)19(20)18(13)16/h1-9,12H,10-11H2. The first kappa shape index (κ1) is 11.7. The Labute approximate surface area is 134 Å². The average molecular weight is 298 g/mol. The molecular formula is C20H14N2O. The average Bonchev–Trinajstić information content (AvgIpc) is 3.07. The zero-order valence-corrected chi connectivity index (χ0v) is 12.5. The van der Waals surface area contributed by atoms with E-state index in [2.05, 4.69) is 59.5 Å². The van der Waals surface area contributed by atoms with Crippen molar-refractivity contribution >= 4 is 11.4 Å². The lowest BCUT2D eigenvalue weighted by Gasteiger charge is -2.37. The van der Waals surface area contributed by atoms with Crippen LogP contribution in [0.15, 0.2) is 88.4 Å². The third-order valence-corrected chi connectivity index (χ3v) is 5.36. The molecule has 1 atom stereocenters. The van der Waals surface area contributed by atoms with Gasteiger partial charge < -0.3 is 9.64 Å². The van der Waals surface area contributed by atoms with Gasteiger partial charge in [0.2, 0.25) is 0 Å². The molecule has 0 saturated carbocycles. The molecule has 3 heteroatoms. The van der Waals surface area contributed by atoms with Crippen molar-refractivity contribution in [3.8, 4) is 0 Å². The number of hydrogen-bond acceptors (Lipinski definition) is 3. The Kier molecular flexibility index (Phi) is 1.91. The molecular weight excluding hydrogens is 284 g/mol. The zero-order valence-electron chi connectivity index (χ0n) is 12.5. The van der Waals surface area contributed by atoms with Crippen LogP contribution in [0.2, 0.25) is 0 Å². The van der Waals surface area contributed by atoms with Gasteiger partial charge in [-0.05, 0) is 41.5 Å². The Hall–Kier alpha value is -2.81. The topological polar surface area (TPSA) is 24.8 Å². The third kappa shape index (κ3) is 1.18. The Morgan fingerprint density at radius 3 is 3.17 bits per heavy atom. The van der Waals surface area contributed by atoms with Crippen LogP contribution in [-0.2, 0) is 10.2 Å². The van der Waals surface area contributed by atoms with Crippen LogP contribution in [-0.4, -0.2) is 18.9 Å². The van der Waals surface area contributed by atoms with E-state index in [-0.39, 0.29) is 5.41 Å². The van der Waals surface area contributed by atoms with Crippen molar-refractivity contribution in [2.45, 2.75) is 5.41 Å². The number of nitrogens with zero attached hydrogens (tertiary/aromatic N) is 2. The first-order chi connectivity index (χ1) is 11.4. The van der Waals surface area contributed by atoms with Crippen LogP contribution in [0.25, 0.3) is 0 Å². The summed E-state index contributed by atoms with van der Waals surface area (Å²) in [5, 5.41) is 0. The Balaban J connectivity index is 1.78. The van der Waals surface area contributed by atoms with Gasteiger partial charge in [-0.3, -0.25) is 4.99 Å². The minimum absolute atomic E-state index is 0.240. The fourth-order valence-electron chi connectivity index (χ4n) is 4.49. The molecule has 1 unspecified atom stereocenters. The van der Waals surface area contributed by atoms with Crippen LogP contribution in [0.1, 0.15) is 5.56 Å². The largest absolute Gasteiger partial charge is 0.489 e. The summed E-state index contributed by atoms with van der Waals surface area (Å²) in [6.45, 7) is 1.48. The molecule has 0 N–H and O–H groups in total. The van der Waals surface area contributed by atoms with E-state index >= 15 is 0 Å². The second-order valence-corrected chi connectivity index (χ2v) is 6.37. The normalized spacial score (nSPS) is 28.3. The molecule has 1 spiro atoms.